The number of ether oxygens (including phenoxy) is 4. The van der Waals surface area contributed by atoms with Crippen molar-refractivity contribution in [3.05, 3.63) is 41.5 Å². The number of aliphatic hydroxyl groups is 2. The number of benzene rings is 1. The lowest BCUT2D eigenvalue weighted by Crippen LogP contribution is -2.71. The number of epoxide rings is 1. The number of allylic oxidation sites excluding steroid dienone is 1. The molecular formula is C37H47N3O10. The number of hydrogen-bond acceptors (Lipinski definition) is 11. The van der Waals surface area contributed by atoms with Crippen LogP contribution in [0.1, 0.15) is 69.4 Å². The largest absolute Gasteiger partial charge is 0.458 e. The van der Waals surface area contributed by atoms with Crippen molar-refractivity contribution in [3.8, 4) is 0 Å². The topological polar surface area (TPSA) is 168 Å². The molecule has 50 heavy (non-hydrogen) atoms. The van der Waals surface area contributed by atoms with Gasteiger partial charge in [-0.15, -0.1) is 0 Å². The SMILES string of the molecule is CC(O)C(NC(=O)C12CC3OC(=O)C1N(Cc1cccc(C=CC4CCC5OC5C4)c1)OC2C1OC(C2CC2)(C2CC2)OC31)C(=O)NCCO. The minimum absolute atomic E-state index is 0.0384. The highest BCUT2D eigenvalue weighted by Crippen LogP contribution is 2.63. The van der Waals surface area contributed by atoms with Crippen LogP contribution in [0.3, 0.4) is 0 Å². The lowest BCUT2D eigenvalue weighted by Gasteiger charge is -2.49. The summed E-state index contributed by atoms with van der Waals surface area (Å²) in [7, 11) is 0. The lowest BCUT2D eigenvalue weighted by atomic mass is 9.62. The Hall–Kier alpha value is -2.91. The molecule has 0 radical (unpaired) electrons. The number of fused-ring (bicyclic) bond motifs is 5. The van der Waals surface area contributed by atoms with Gasteiger partial charge in [-0.25, -0.2) is 0 Å². The quantitative estimate of drug-likeness (QED) is 0.184. The van der Waals surface area contributed by atoms with E-state index in [4.69, 9.17) is 23.8 Å². The Morgan fingerprint density at radius 1 is 1.06 bits per heavy atom. The second-order valence-corrected chi connectivity index (χ2v) is 15.8. The van der Waals surface area contributed by atoms with Gasteiger partial charge in [-0.1, -0.05) is 36.4 Å². The normalized spacial score (nSPS) is 39.3. The van der Waals surface area contributed by atoms with Gasteiger partial charge in [-0.3, -0.25) is 19.2 Å². The highest BCUT2D eigenvalue weighted by Gasteiger charge is 2.78. The number of nitrogens with one attached hydrogen (secondary N) is 2. The molecule has 0 spiro atoms. The van der Waals surface area contributed by atoms with Crippen molar-refractivity contribution in [2.24, 2.45) is 23.2 Å². The van der Waals surface area contributed by atoms with E-state index in [0.29, 0.717) is 18.1 Å². The summed E-state index contributed by atoms with van der Waals surface area (Å²) < 4.78 is 25.5. The lowest BCUT2D eigenvalue weighted by molar-refractivity contribution is -0.235. The Bertz CT molecular complexity index is 1550. The number of hydroxylamine groups is 2. The molecule has 4 aliphatic carbocycles. The van der Waals surface area contributed by atoms with Gasteiger partial charge < -0.3 is 39.8 Å². The zero-order valence-electron chi connectivity index (χ0n) is 28.3. The van der Waals surface area contributed by atoms with Crippen LogP contribution in [0.4, 0.5) is 0 Å². The summed E-state index contributed by atoms with van der Waals surface area (Å²) in [6.45, 7) is 1.27. The van der Waals surface area contributed by atoms with Crippen molar-refractivity contribution in [1.82, 2.24) is 15.7 Å². The number of nitrogens with zero attached hydrogens (tertiary/aromatic N) is 1. The van der Waals surface area contributed by atoms with Gasteiger partial charge in [-0.05, 0) is 68.9 Å². The predicted molar refractivity (Wildman–Crippen MR) is 174 cm³/mol. The summed E-state index contributed by atoms with van der Waals surface area (Å²) in [5.74, 6) is -1.66. The highest BCUT2D eigenvalue weighted by molar-refractivity contribution is 5.96. The zero-order valence-corrected chi connectivity index (χ0v) is 28.3. The first kappa shape index (κ1) is 33.0. The van der Waals surface area contributed by atoms with E-state index < -0.39 is 71.6 Å². The maximum atomic E-state index is 14.7. The fourth-order valence-electron chi connectivity index (χ4n) is 9.47. The fraction of sp³-hybridized carbons (Fsp3) is 0.703. The number of aliphatic hydroxyl groups excluding tert-OH is 2. The number of hydrogen-bond donors (Lipinski definition) is 4. The Labute approximate surface area is 290 Å². The summed E-state index contributed by atoms with van der Waals surface area (Å²) >= 11 is 0. The molecule has 13 heteroatoms. The standard InChI is InChI=1S/C37H47N3O10/c1-19(42)28(33(43)38-13-14-41)39-35(45)36-17-27-29-30(49-37(48-29,23-8-9-23)24-10-11-24)32(36)50-40(31(36)34(44)47-27)18-22-4-2-3-20(15-22)5-6-21-7-12-25-26(16-21)46-25/h2-6,15,19,21,23-32,41-42H,7-14,16-18H2,1H3,(H,38,43)(H,39,45). The highest BCUT2D eigenvalue weighted by atomic mass is 16.8. The molecule has 0 aromatic heterocycles. The van der Waals surface area contributed by atoms with E-state index in [9.17, 15) is 24.6 Å². The Balaban J connectivity index is 1.02. The van der Waals surface area contributed by atoms with E-state index in [2.05, 4.69) is 28.9 Å². The minimum Gasteiger partial charge on any atom is -0.458 e. The summed E-state index contributed by atoms with van der Waals surface area (Å²) in [4.78, 5) is 48.5. The van der Waals surface area contributed by atoms with E-state index in [0.717, 1.165) is 56.1 Å². The maximum Gasteiger partial charge on any atom is 0.327 e. The molecule has 2 amide bonds. The van der Waals surface area contributed by atoms with E-state index in [-0.39, 0.29) is 38.0 Å². The second-order valence-electron chi connectivity index (χ2n) is 15.8. The number of carbonyl (C=O) groups excluding carboxylic acids is 3. The average Bonchev–Trinajstić information content (AvgIpc) is 4.00. The van der Waals surface area contributed by atoms with Crippen LogP contribution < -0.4 is 10.6 Å². The van der Waals surface area contributed by atoms with Crippen molar-refractivity contribution in [2.75, 3.05) is 13.2 Å². The molecule has 4 N–H and O–H groups in total. The molecule has 9 rings (SSSR count). The zero-order chi connectivity index (χ0) is 34.4. The third-order valence-corrected chi connectivity index (χ3v) is 12.3. The Morgan fingerprint density at radius 3 is 2.56 bits per heavy atom. The van der Waals surface area contributed by atoms with Crippen LogP contribution in [0.25, 0.3) is 6.08 Å². The molecule has 1 aromatic rings. The van der Waals surface area contributed by atoms with Gasteiger partial charge >= 0.3 is 5.97 Å². The molecule has 1 aromatic carbocycles. The van der Waals surface area contributed by atoms with Gasteiger partial charge in [0.25, 0.3) is 0 Å². The Kier molecular flexibility index (Phi) is 8.14. The number of esters is 1. The van der Waals surface area contributed by atoms with Crippen LogP contribution in [0, 0.1) is 23.2 Å². The molecule has 4 aliphatic heterocycles. The molecule has 2 bridgehead atoms. The molecule has 8 aliphatic rings. The van der Waals surface area contributed by atoms with E-state index in [1.165, 1.54) is 6.92 Å². The third-order valence-electron chi connectivity index (χ3n) is 12.3. The summed E-state index contributed by atoms with van der Waals surface area (Å²) in [5, 5.41) is 26.7. The molecule has 11 unspecified atom stereocenters. The first-order valence-corrected chi connectivity index (χ1v) is 18.5. The van der Waals surface area contributed by atoms with E-state index >= 15 is 0 Å². The van der Waals surface area contributed by atoms with Crippen LogP contribution in [-0.4, -0.2) is 107 Å². The van der Waals surface area contributed by atoms with Gasteiger partial charge in [0, 0.05) is 24.8 Å². The molecule has 4 saturated carbocycles. The summed E-state index contributed by atoms with van der Waals surface area (Å²) in [6, 6.07) is 5.58. The van der Waals surface area contributed by atoms with Gasteiger partial charge in [0.05, 0.1) is 31.5 Å². The van der Waals surface area contributed by atoms with Crippen LogP contribution in [0.2, 0.25) is 0 Å². The molecular weight excluding hydrogens is 646 g/mol. The van der Waals surface area contributed by atoms with Crippen molar-refractivity contribution in [1.29, 1.82) is 0 Å². The fourth-order valence-corrected chi connectivity index (χ4v) is 9.47. The maximum absolute atomic E-state index is 14.7. The molecule has 11 atom stereocenters. The van der Waals surface area contributed by atoms with Crippen molar-refractivity contribution >= 4 is 23.9 Å². The van der Waals surface area contributed by atoms with Gasteiger partial charge in [0.2, 0.25) is 11.8 Å². The minimum atomic E-state index is -1.49. The Morgan fingerprint density at radius 2 is 1.84 bits per heavy atom. The van der Waals surface area contributed by atoms with Gasteiger partial charge in [-0.2, -0.15) is 5.06 Å². The monoisotopic (exact) mass is 693 g/mol. The van der Waals surface area contributed by atoms with Crippen LogP contribution in [0.15, 0.2) is 30.3 Å². The van der Waals surface area contributed by atoms with Gasteiger partial charge in [0.1, 0.15) is 35.9 Å². The van der Waals surface area contributed by atoms with E-state index in [1.807, 2.05) is 18.2 Å². The summed E-state index contributed by atoms with van der Waals surface area (Å²) in [5.41, 5.74) is 0.428. The first-order chi connectivity index (χ1) is 24.2. The number of amides is 2. The van der Waals surface area contributed by atoms with Crippen LogP contribution >= 0.6 is 0 Å². The first-order valence-electron chi connectivity index (χ1n) is 18.5. The van der Waals surface area contributed by atoms with Crippen LogP contribution in [0.5, 0.6) is 0 Å². The summed E-state index contributed by atoms with van der Waals surface area (Å²) in [6.07, 6.45) is 8.42. The third kappa shape index (κ3) is 5.51. The molecule has 270 valence electrons. The number of rotatable bonds is 12. The molecule has 4 saturated heterocycles. The van der Waals surface area contributed by atoms with Crippen molar-refractivity contribution < 1.29 is 48.4 Å². The van der Waals surface area contributed by atoms with Crippen molar-refractivity contribution in [2.45, 2.75) is 125 Å². The molecule has 8 fully saturated rings. The smallest absolute Gasteiger partial charge is 0.327 e. The predicted octanol–water partition coefficient (Wildman–Crippen LogP) is 1.34. The van der Waals surface area contributed by atoms with Crippen LogP contribution in [-0.2, 0) is 44.7 Å². The molecule has 13 nitrogen and oxygen atoms in total. The number of carbonyl (C=O) groups is 3. The molecule has 4 heterocycles. The second kappa shape index (κ2) is 12.4. The van der Waals surface area contributed by atoms with Gasteiger partial charge in [0.15, 0.2) is 11.8 Å². The van der Waals surface area contributed by atoms with E-state index in [1.54, 1.807) is 5.06 Å². The van der Waals surface area contributed by atoms with Crippen molar-refractivity contribution in [3.63, 3.8) is 0 Å². The average molecular weight is 694 g/mol.